The standard InChI is InChI=1S/C29H29N3O6/c1-36-22-14-12-21(13-15-22)29(19-8-4-2-5-9-19,20-10-6-3-7-11-20)37-18-23-26(34)25(30)27(38-23)32-17-16-24(33)31-28(32)35/h2-17,23,25-27,34H,18,30H2,1H3,(H,31,33,35)/t23-,25-,26-,27-/m1/s1. The van der Waals surface area contributed by atoms with E-state index in [9.17, 15) is 14.7 Å². The number of methoxy groups -OCH3 is 1. The van der Waals surface area contributed by atoms with Crippen LogP contribution < -0.4 is 21.7 Å². The highest BCUT2D eigenvalue weighted by Gasteiger charge is 2.45. The Balaban J connectivity index is 1.54. The third kappa shape index (κ3) is 4.68. The van der Waals surface area contributed by atoms with Gasteiger partial charge in [0.25, 0.3) is 5.56 Å². The van der Waals surface area contributed by atoms with Gasteiger partial charge in [-0.15, -0.1) is 0 Å². The number of benzene rings is 3. The van der Waals surface area contributed by atoms with Gasteiger partial charge in [0.1, 0.15) is 23.6 Å². The molecule has 4 atom stereocenters. The van der Waals surface area contributed by atoms with Crippen molar-refractivity contribution in [2.75, 3.05) is 13.7 Å². The summed E-state index contributed by atoms with van der Waals surface area (Å²) in [5, 5.41) is 11.0. The number of ether oxygens (including phenoxy) is 3. The lowest BCUT2D eigenvalue weighted by Gasteiger charge is -2.37. The van der Waals surface area contributed by atoms with E-state index in [0.717, 1.165) is 16.7 Å². The van der Waals surface area contributed by atoms with E-state index in [1.165, 1.54) is 16.8 Å². The molecule has 0 unspecified atom stereocenters. The number of aromatic nitrogens is 2. The summed E-state index contributed by atoms with van der Waals surface area (Å²) in [7, 11) is 1.61. The van der Waals surface area contributed by atoms with Gasteiger partial charge >= 0.3 is 5.69 Å². The molecule has 9 nitrogen and oxygen atoms in total. The predicted molar refractivity (Wildman–Crippen MR) is 141 cm³/mol. The Kier molecular flexibility index (Phi) is 7.26. The molecule has 196 valence electrons. The topological polar surface area (TPSA) is 129 Å². The second-order valence-corrected chi connectivity index (χ2v) is 9.10. The second kappa shape index (κ2) is 10.8. The number of rotatable bonds is 8. The highest BCUT2D eigenvalue weighted by molar-refractivity contribution is 5.48. The molecule has 3 aromatic carbocycles. The number of aromatic amines is 1. The summed E-state index contributed by atoms with van der Waals surface area (Å²) in [5.74, 6) is 0.707. The monoisotopic (exact) mass is 515 g/mol. The average molecular weight is 516 g/mol. The Hall–Kier alpha value is -4.02. The number of H-pyrrole nitrogens is 1. The number of aliphatic hydroxyl groups excluding tert-OH is 1. The fraction of sp³-hybridized carbons (Fsp3) is 0.241. The molecule has 5 rings (SSSR count). The minimum absolute atomic E-state index is 0.0424. The summed E-state index contributed by atoms with van der Waals surface area (Å²) in [4.78, 5) is 26.1. The summed E-state index contributed by atoms with van der Waals surface area (Å²) >= 11 is 0. The molecule has 38 heavy (non-hydrogen) atoms. The zero-order chi connectivity index (χ0) is 26.7. The van der Waals surface area contributed by atoms with Crippen LogP contribution in [0, 0.1) is 0 Å². The third-order valence-electron chi connectivity index (χ3n) is 6.87. The van der Waals surface area contributed by atoms with Crippen LogP contribution in [0.2, 0.25) is 0 Å². The van der Waals surface area contributed by atoms with Crippen molar-refractivity contribution in [1.82, 2.24) is 9.55 Å². The van der Waals surface area contributed by atoms with Crippen molar-refractivity contribution in [1.29, 1.82) is 0 Å². The molecule has 4 N–H and O–H groups in total. The highest BCUT2D eigenvalue weighted by atomic mass is 16.6. The lowest BCUT2D eigenvalue weighted by atomic mass is 9.80. The smallest absolute Gasteiger partial charge is 0.330 e. The fourth-order valence-corrected chi connectivity index (χ4v) is 4.91. The third-order valence-corrected chi connectivity index (χ3v) is 6.87. The summed E-state index contributed by atoms with van der Waals surface area (Å²) < 4.78 is 19.4. The van der Waals surface area contributed by atoms with Gasteiger partial charge in [0.2, 0.25) is 0 Å². The van der Waals surface area contributed by atoms with Gasteiger partial charge in [0.05, 0.1) is 19.8 Å². The first-order valence-corrected chi connectivity index (χ1v) is 12.2. The summed E-state index contributed by atoms with van der Waals surface area (Å²) in [6.07, 6.45) is -1.65. The molecule has 4 aromatic rings. The first-order valence-electron chi connectivity index (χ1n) is 12.2. The lowest BCUT2D eigenvalue weighted by Crippen LogP contribution is -2.43. The molecule has 0 bridgehead atoms. The maximum Gasteiger partial charge on any atom is 0.330 e. The largest absolute Gasteiger partial charge is 0.497 e. The Morgan fingerprint density at radius 3 is 2.05 bits per heavy atom. The Morgan fingerprint density at radius 2 is 1.50 bits per heavy atom. The predicted octanol–water partition coefficient (Wildman–Crippen LogP) is 2.14. The zero-order valence-electron chi connectivity index (χ0n) is 20.8. The minimum atomic E-state index is -1.13. The van der Waals surface area contributed by atoms with Crippen molar-refractivity contribution < 1.29 is 19.3 Å². The first-order chi connectivity index (χ1) is 18.4. The summed E-state index contributed by atoms with van der Waals surface area (Å²) in [6.45, 7) is -0.0424. The molecule has 0 amide bonds. The second-order valence-electron chi connectivity index (χ2n) is 9.10. The van der Waals surface area contributed by atoms with Crippen LogP contribution in [-0.4, -0.2) is 46.6 Å². The molecule has 0 spiro atoms. The van der Waals surface area contributed by atoms with E-state index < -0.39 is 41.3 Å². The molecular weight excluding hydrogens is 486 g/mol. The van der Waals surface area contributed by atoms with Gasteiger partial charge in [-0.25, -0.2) is 4.79 Å². The van der Waals surface area contributed by atoms with E-state index in [1.807, 2.05) is 84.9 Å². The van der Waals surface area contributed by atoms with Gasteiger partial charge in [-0.1, -0.05) is 72.8 Å². The normalized spacial score (nSPS) is 21.3. The van der Waals surface area contributed by atoms with E-state index in [4.69, 9.17) is 19.9 Å². The van der Waals surface area contributed by atoms with Crippen molar-refractivity contribution in [2.24, 2.45) is 5.73 Å². The zero-order valence-corrected chi connectivity index (χ0v) is 20.8. The van der Waals surface area contributed by atoms with Crippen LogP contribution in [0.25, 0.3) is 0 Å². The SMILES string of the molecule is COc1ccc(C(OC[C@H]2O[C@@H](n3ccc(=O)[nH]c3=O)[C@H](N)[C@@H]2O)(c2ccccc2)c2ccccc2)cc1. The van der Waals surface area contributed by atoms with Crippen LogP contribution in [-0.2, 0) is 15.1 Å². The first kappa shape index (κ1) is 25.6. The molecule has 9 heteroatoms. The quantitative estimate of drug-likeness (QED) is 0.307. The summed E-state index contributed by atoms with van der Waals surface area (Å²) in [5.41, 5.74) is 6.59. The molecule has 1 aliphatic rings. The maximum atomic E-state index is 12.4. The van der Waals surface area contributed by atoms with E-state index >= 15 is 0 Å². The maximum absolute atomic E-state index is 12.4. The minimum Gasteiger partial charge on any atom is -0.497 e. The summed E-state index contributed by atoms with van der Waals surface area (Å²) in [6, 6.07) is 27.5. The number of hydrogen-bond donors (Lipinski definition) is 3. The molecular formula is C29H29N3O6. The molecule has 1 saturated heterocycles. The Bertz CT molecular complexity index is 1430. The number of nitrogens with two attached hydrogens (primary N) is 1. The van der Waals surface area contributed by atoms with Crippen LogP contribution in [0.5, 0.6) is 5.75 Å². The fourth-order valence-electron chi connectivity index (χ4n) is 4.91. The van der Waals surface area contributed by atoms with Gasteiger partial charge < -0.3 is 25.1 Å². The van der Waals surface area contributed by atoms with E-state index in [-0.39, 0.29) is 6.61 Å². The molecule has 2 heterocycles. The van der Waals surface area contributed by atoms with Crippen LogP contribution in [0.4, 0.5) is 0 Å². The molecule has 1 aliphatic heterocycles. The van der Waals surface area contributed by atoms with Gasteiger partial charge in [-0.3, -0.25) is 14.3 Å². The van der Waals surface area contributed by atoms with Gasteiger partial charge in [-0.2, -0.15) is 0 Å². The molecule has 0 aliphatic carbocycles. The van der Waals surface area contributed by atoms with Crippen LogP contribution >= 0.6 is 0 Å². The van der Waals surface area contributed by atoms with Crippen molar-refractivity contribution in [3.05, 3.63) is 135 Å². The van der Waals surface area contributed by atoms with Gasteiger partial charge in [0.15, 0.2) is 6.23 Å². The van der Waals surface area contributed by atoms with Gasteiger partial charge in [0, 0.05) is 12.3 Å². The Labute approximate surface area is 219 Å². The molecule has 1 fully saturated rings. The lowest BCUT2D eigenvalue weighted by molar-refractivity contribution is -0.0945. The van der Waals surface area contributed by atoms with Crippen LogP contribution in [0.1, 0.15) is 22.9 Å². The van der Waals surface area contributed by atoms with Gasteiger partial charge in [-0.05, 0) is 28.8 Å². The number of nitrogens with zero attached hydrogens (tertiary/aromatic N) is 1. The van der Waals surface area contributed by atoms with Crippen molar-refractivity contribution in [3.63, 3.8) is 0 Å². The Morgan fingerprint density at radius 1 is 0.921 bits per heavy atom. The number of aliphatic hydroxyl groups is 1. The van der Waals surface area contributed by atoms with Crippen molar-refractivity contribution >= 4 is 0 Å². The number of nitrogens with one attached hydrogen (secondary N) is 1. The van der Waals surface area contributed by atoms with Crippen LogP contribution in [0.15, 0.2) is 107 Å². The van der Waals surface area contributed by atoms with E-state index in [0.29, 0.717) is 5.75 Å². The van der Waals surface area contributed by atoms with E-state index in [1.54, 1.807) is 7.11 Å². The van der Waals surface area contributed by atoms with Crippen molar-refractivity contribution in [2.45, 2.75) is 30.1 Å². The van der Waals surface area contributed by atoms with E-state index in [2.05, 4.69) is 4.98 Å². The van der Waals surface area contributed by atoms with Crippen molar-refractivity contribution in [3.8, 4) is 5.75 Å². The molecule has 1 aromatic heterocycles. The molecule has 0 radical (unpaired) electrons. The van der Waals surface area contributed by atoms with Crippen LogP contribution in [0.3, 0.4) is 0 Å². The average Bonchev–Trinajstić information content (AvgIpc) is 3.23. The number of hydrogen-bond acceptors (Lipinski definition) is 7. The highest BCUT2D eigenvalue weighted by Crippen LogP contribution is 2.42. The molecule has 0 saturated carbocycles.